The molecule has 0 bridgehead atoms. The molecule has 1 saturated carbocycles. The number of hydrogen-bond acceptors (Lipinski definition) is 8. The van der Waals surface area contributed by atoms with E-state index in [-0.39, 0.29) is 35.1 Å². The van der Waals surface area contributed by atoms with E-state index in [1.54, 1.807) is 13.2 Å². The number of ether oxygens (including phenoxy) is 2. The molecule has 314 valence electrons. The minimum Gasteiger partial charge on any atom is -0.494 e. The van der Waals surface area contributed by atoms with Crippen molar-refractivity contribution in [3.63, 3.8) is 0 Å². The number of aryl methyl sites for hydroxylation is 1. The Hall–Kier alpha value is -5.95. The second-order valence-corrected chi connectivity index (χ2v) is 14.9. The zero-order chi connectivity index (χ0) is 42.5. The van der Waals surface area contributed by atoms with Gasteiger partial charge in [0.25, 0.3) is 5.91 Å². The number of amides is 1. The Morgan fingerprint density at radius 1 is 0.898 bits per heavy atom. The lowest BCUT2D eigenvalue weighted by Crippen LogP contribution is -2.30. The van der Waals surface area contributed by atoms with Crippen molar-refractivity contribution in [2.75, 3.05) is 39.2 Å². The summed E-state index contributed by atoms with van der Waals surface area (Å²) < 4.78 is 13.3. The fourth-order valence-corrected chi connectivity index (χ4v) is 7.62. The zero-order valence-corrected chi connectivity index (χ0v) is 35.2. The van der Waals surface area contributed by atoms with E-state index in [4.69, 9.17) is 19.7 Å². The molecule has 2 aliphatic rings. The number of carbonyl (C=O) groups is 3. The van der Waals surface area contributed by atoms with Crippen LogP contribution < -0.4 is 19.4 Å². The predicted molar refractivity (Wildman–Crippen MR) is 231 cm³/mol. The summed E-state index contributed by atoms with van der Waals surface area (Å²) in [5.74, 6) is 0.0357. The third-order valence-corrected chi connectivity index (χ3v) is 10.7. The molecule has 4 aromatic rings. The summed E-state index contributed by atoms with van der Waals surface area (Å²) in [7, 11) is 3.49. The normalized spacial score (nSPS) is 16.8. The van der Waals surface area contributed by atoms with Crippen LogP contribution in [0.15, 0.2) is 95.9 Å². The summed E-state index contributed by atoms with van der Waals surface area (Å²) in [4.78, 5) is 36.3. The van der Waals surface area contributed by atoms with Gasteiger partial charge in [0.15, 0.2) is 5.69 Å². The van der Waals surface area contributed by atoms with Crippen molar-refractivity contribution in [2.24, 2.45) is 11.0 Å². The van der Waals surface area contributed by atoms with Crippen LogP contribution >= 0.6 is 0 Å². The number of rotatable bonds is 17. The van der Waals surface area contributed by atoms with Gasteiger partial charge in [-0.25, -0.2) is 9.48 Å². The molecule has 2 unspecified atom stereocenters. The SMILES string of the molecule is CCOc1cccc(-n2cc(C(Nc3ccc(C(=O)N(C)CCC(=O)O)cc3)C3CCCCC3)c(CC)n2)c1.CCOc1cccc([N+]2(C)C=C(C(=O)O)C(CC)=N2)c1. The third-order valence-electron chi connectivity index (χ3n) is 10.7. The third kappa shape index (κ3) is 11.4. The molecule has 3 aromatic carbocycles. The highest BCUT2D eigenvalue weighted by atomic mass is 16.5. The first-order chi connectivity index (χ1) is 28.4. The molecule has 1 aliphatic heterocycles. The van der Waals surface area contributed by atoms with Crippen LogP contribution in [0.2, 0.25) is 0 Å². The molecule has 6 rings (SSSR count). The number of carboxylic acids is 2. The van der Waals surface area contributed by atoms with Crippen LogP contribution in [0.3, 0.4) is 0 Å². The van der Waals surface area contributed by atoms with Gasteiger partial charge in [0.2, 0.25) is 0 Å². The van der Waals surface area contributed by atoms with Crippen molar-refractivity contribution >= 4 is 34.9 Å². The predicted octanol–water partition coefficient (Wildman–Crippen LogP) is 8.88. The van der Waals surface area contributed by atoms with Crippen LogP contribution in [0.4, 0.5) is 11.4 Å². The number of anilines is 1. The Morgan fingerprint density at radius 2 is 1.56 bits per heavy atom. The summed E-state index contributed by atoms with van der Waals surface area (Å²) in [6.45, 7) is 9.34. The standard InChI is InChI=1S/C31H40N4O4.C15H18N2O3/c1-4-28-27(21-35(33-28)25-12-9-13-26(20-25)39-5-2)30(22-10-7-6-8-11-22)32-24-16-14-23(15-17-24)31(38)34(3)19-18-29(36)37;1-4-14-13(15(18)19)10-17(3,16-14)11-7-6-8-12(9-11)20-5-2/h9,12-17,20-22,30,32H,4-8,10-11,18-19H2,1-3H3,(H,36,37);6-10H,4-5H2,1-3H3/p+1. The van der Waals surface area contributed by atoms with Crippen molar-refractivity contribution in [1.29, 1.82) is 0 Å². The average Bonchev–Trinajstić information content (AvgIpc) is 3.85. The molecule has 0 saturated heterocycles. The maximum atomic E-state index is 12.7. The lowest BCUT2D eigenvalue weighted by Gasteiger charge is -2.32. The number of aliphatic carboxylic acids is 2. The van der Waals surface area contributed by atoms with Crippen LogP contribution in [0.1, 0.15) is 100 Å². The van der Waals surface area contributed by atoms with Crippen molar-refractivity contribution in [3.05, 3.63) is 108 Å². The maximum Gasteiger partial charge on any atom is 0.343 e. The lowest BCUT2D eigenvalue weighted by atomic mass is 9.81. The summed E-state index contributed by atoms with van der Waals surface area (Å²) >= 11 is 0. The number of benzene rings is 3. The van der Waals surface area contributed by atoms with Gasteiger partial charge in [-0.2, -0.15) is 5.10 Å². The smallest absolute Gasteiger partial charge is 0.343 e. The fraction of sp³-hybridized carbons (Fsp3) is 0.413. The molecular weight excluding hydrogens is 749 g/mol. The van der Waals surface area contributed by atoms with Gasteiger partial charge in [-0.15, -0.1) is 4.59 Å². The molecule has 0 radical (unpaired) electrons. The van der Waals surface area contributed by atoms with Crippen molar-refractivity contribution in [3.8, 4) is 17.2 Å². The summed E-state index contributed by atoms with van der Waals surface area (Å²) in [6, 6.07) is 23.2. The molecule has 0 spiro atoms. The topological polar surface area (TPSA) is 156 Å². The Bertz CT molecular complexity index is 2120. The summed E-state index contributed by atoms with van der Waals surface area (Å²) in [6.07, 6.45) is 11.2. The number of nitrogens with zero attached hydrogens (tertiary/aromatic N) is 5. The Balaban J connectivity index is 0.000000277. The van der Waals surface area contributed by atoms with E-state index >= 15 is 0 Å². The first kappa shape index (κ1) is 44.2. The van der Waals surface area contributed by atoms with Gasteiger partial charge in [0, 0.05) is 54.8 Å². The minimum absolute atomic E-state index is 0.0751. The highest BCUT2D eigenvalue weighted by Crippen LogP contribution is 2.39. The van der Waals surface area contributed by atoms with Gasteiger partial charge in [0.05, 0.1) is 37.1 Å². The number of quaternary nitrogens is 1. The molecule has 13 nitrogen and oxygen atoms in total. The van der Waals surface area contributed by atoms with Gasteiger partial charge in [-0.3, -0.25) is 9.59 Å². The van der Waals surface area contributed by atoms with Gasteiger partial charge in [-0.1, -0.05) is 50.3 Å². The molecule has 59 heavy (non-hydrogen) atoms. The van der Waals surface area contributed by atoms with Crippen molar-refractivity contribution < 1.29 is 34.1 Å². The monoisotopic (exact) mass is 807 g/mol. The number of carboxylic acid groups (broad SMARTS) is 2. The highest BCUT2D eigenvalue weighted by Gasteiger charge is 2.36. The molecule has 1 aromatic heterocycles. The van der Waals surface area contributed by atoms with Crippen LogP contribution in [0, 0.1) is 5.92 Å². The largest absolute Gasteiger partial charge is 0.494 e. The molecule has 3 N–H and O–H groups in total. The van der Waals surface area contributed by atoms with E-state index in [1.807, 2.05) is 105 Å². The Morgan fingerprint density at radius 3 is 2.15 bits per heavy atom. The number of hydrogen-bond donors (Lipinski definition) is 3. The fourth-order valence-electron chi connectivity index (χ4n) is 7.62. The summed E-state index contributed by atoms with van der Waals surface area (Å²) in [5.41, 5.74) is 6.50. The highest BCUT2D eigenvalue weighted by molar-refractivity contribution is 6.20. The van der Waals surface area contributed by atoms with Gasteiger partial charge in [-0.05, 0) is 87.9 Å². The maximum absolute atomic E-state index is 12.7. The second-order valence-electron chi connectivity index (χ2n) is 14.9. The zero-order valence-electron chi connectivity index (χ0n) is 35.2. The molecule has 13 heteroatoms. The first-order valence-electron chi connectivity index (χ1n) is 20.7. The number of carbonyl (C=O) groups excluding carboxylic acids is 1. The Labute approximate surface area is 347 Å². The quantitative estimate of drug-likeness (QED) is 0.0888. The van der Waals surface area contributed by atoms with E-state index in [9.17, 15) is 19.5 Å². The van der Waals surface area contributed by atoms with E-state index < -0.39 is 11.9 Å². The summed E-state index contributed by atoms with van der Waals surface area (Å²) in [5, 5.41) is 31.5. The van der Waals surface area contributed by atoms with Gasteiger partial charge in [0.1, 0.15) is 36.0 Å². The molecular formula is C46H59N6O7+. The molecule has 1 fully saturated rings. The van der Waals surface area contributed by atoms with E-state index in [1.165, 1.54) is 29.7 Å². The van der Waals surface area contributed by atoms with Gasteiger partial charge >= 0.3 is 11.9 Å². The number of nitrogens with one attached hydrogen (secondary N) is 1. The van der Waals surface area contributed by atoms with Crippen LogP contribution in [0.25, 0.3) is 5.69 Å². The molecule has 2 heterocycles. The van der Waals surface area contributed by atoms with Crippen molar-refractivity contribution in [1.82, 2.24) is 19.3 Å². The molecule has 2 atom stereocenters. The van der Waals surface area contributed by atoms with Crippen LogP contribution in [-0.2, 0) is 16.0 Å². The van der Waals surface area contributed by atoms with Crippen LogP contribution in [-0.4, -0.2) is 82.3 Å². The second kappa shape index (κ2) is 20.6. The van der Waals surface area contributed by atoms with Crippen molar-refractivity contribution in [2.45, 2.75) is 85.1 Å². The number of aromatic nitrogens is 2. The molecule has 1 aliphatic carbocycles. The average molecular weight is 808 g/mol. The van der Waals surface area contributed by atoms with E-state index in [0.29, 0.717) is 36.8 Å². The lowest BCUT2D eigenvalue weighted by molar-refractivity contribution is -0.137. The van der Waals surface area contributed by atoms with Gasteiger partial charge < -0.3 is 29.9 Å². The molecule has 1 amide bonds. The van der Waals surface area contributed by atoms with E-state index in [0.717, 1.165) is 53.5 Å². The minimum atomic E-state index is -0.937. The van der Waals surface area contributed by atoms with Crippen LogP contribution in [0.5, 0.6) is 11.5 Å². The Kier molecular flexibility index (Phi) is 15.5. The van der Waals surface area contributed by atoms with E-state index in [2.05, 4.69) is 23.5 Å². The first-order valence-corrected chi connectivity index (χ1v) is 20.7.